The van der Waals surface area contributed by atoms with Crippen molar-refractivity contribution in [3.8, 4) is 22.8 Å². The number of sulfone groups is 1. The van der Waals surface area contributed by atoms with Gasteiger partial charge in [-0.25, -0.2) is 28.1 Å². The van der Waals surface area contributed by atoms with Gasteiger partial charge in [0.15, 0.2) is 9.84 Å². The molecule has 1 aliphatic carbocycles. The zero-order valence-corrected chi connectivity index (χ0v) is 29.3. The topological polar surface area (TPSA) is 151 Å². The monoisotopic (exact) mass is 711 g/mol. The molecule has 1 N–H and O–H groups in total. The molecule has 3 atom stereocenters. The number of halogens is 1. The van der Waals surface area contributed by atoms with Crippen molar-refractivity contribution < 1.29 is 22.6 Å². The predicted octanol–water partition coefficient (Wildman–Crippen LogP) is 4.57. The molecule has 2 aliphatic heterocycles. The molecule has 0 amide bonds. The molecule has 3 aromatic heterocycles. The van der Waals surface area contributed by atoms with Crippen molar-refractivity contribution in [3.63, 3.8) is 0 Å². The number of hydrogen-bond donors (Lipinski definition) is 1. The Balaban J connectivity index is 1.03. The molecule has 5 heterocycles. The maximum Gasteiger partial charge on any atom is 0.256 e. The van der Waals surface area contributed by atoms with Gasteiger partial charge in [-0.1, -0.05) is 17.7 Å². The normalized spacial score (nSPS) is 23.3. The summed E-state index contributed by atoms with van der Waals surface area (Å²) >= 11 is 6.45. The molecule has 49 heavy (non-hydrogen) atoms. The molecule has 1 aromatic carbocycles. The van der Waals surface area contributed by atoms with Crippen LogP contribution in [0, 0.1) is 0 Å². The van der Waals surface area contributed by atoms with E-state index in [1.165, 1.54) is 25.4 Å². The first kappa shape index (κ1) is 33.7. The number of anilines is 2. The number of benzene rings is 1. The summed E-state index contributed by atoms with van der Waals surface area (Å²) < 4.78 is 45.1. The summed E-state index contributed by atoms with van der Waals surface area (Å²) in [6, 6.07) is 7.44. The lowest BCUT2D eigenvalue weighted by Crippen LogP contribution is -2.52. The molecule has 3 fully saturated rings. The van der Waals surface area contributed by atoms with Crippen LogP contribution in [0.5, 0.6) is 11.6 Å². The molecule has 0 unspecified atom stereocenters. The van der Waals surface area contributed by atoms with E-state index in [0.29, 0.717) is 53.0 Å². The summed E-state index contributed by atoms with van der Waals surface area (Å²) in [6.07, 6.45) is 16.2. The molecule has 2 saturated heterocycles. The summed E-state index contributed by atoms with van der Waals surface area (Å²) in [6.45, 7) is 4.16. The van der Waals surface area contributed by atoms with E-state index in [1.807, 2.05) is 29.9 Å². The van der Waals surface area contributed by atoms with Crippen LogP contribution in [0.4, 0.5) is 11.6 Å². The second kappa shape index (κ2) is 14.6. The fourth-order valence-electron chi connectivity index (χ4n) is 7.20. The minimum atomic E-state index is -3.20. The standard InChI is InChI=1S/C33H42ClN9O5S/c1-22(16-41-21-35-20-38-41)48-31-13-23(3-10-29(31)34)24-14-36-33(37-15-24)39-30-17-42(40-32(30)47-11-12-49(2,44)45)25-4-6-26(7-5-25)43-27-8-9-28(43)19-46-18-27/h3,10,13-15,17,20-22,25-28H,4-9,11-12,16,18-19H2,1-2H3,(H,36,37,39)/t22-,25?,26?,27+,28+/m0/s1. The molecule has 2 bridgehead atoms. The van der Waals surface area contributed by atoms with E-state index in [4.69, 9.17) is 30.9 Å². The summed E-state index contributed by atoms with van der Waals surface area (Å²) in [4.78, 5) is 15.8. The molecule has 7 rings (SSSR count). The second-order valence-corrected chi connectivity index (χ2v) is 15.9. The Morgan fingerprint density at radius 1 is 1.02 bits per heavy atom. The second-order valence-electron chi connectivity index (χ2n) is 13.2. The number of ether oxygens (including phenoxy) is 3. The summed E-state index contributed by atoms with van der Waals surface area (Å²) in [5.41, 5.74) is 2.21. The molecule has 0 radical (unpaired) electrons. The first-order valence-corrected chi connectivity index (χ1v) is 19.3. The van der Waals surface area contributed by atoms with Crippen LogP contribution in [0.2, 0.25) is 5.02 Å². The highest BCUT2D eigenvalue weighted by Gasteiger charge is 2.42. The van der Waals surface area contributed by atoms with Crippen molar-refractivity contribution in [2.45, 2.75) is 82.3 Å². The van der Waals surface area contributed by atoms with Gasteiger partial charge in [0, 0.05) is 42.3 Å². The summed E-state index contributed by atoms with van der Waals surface area (Å²) in [5.74, 6) is 1.12. The first-order chi connectivity index (χ1) is 23.7. The van der Waals surface area contributed by atoms with Crippen LogP contribution in [0.15, 0.2) is 49.4 Å². The lowest BCUT2D eigenvalue weighted by atomic mass is 9.89. The highest BCUT2D eigenvalue weighted by molar-refractivity contribution is 7.90. The van der Waals surface area contributed by atoms with E-state index in [1.54, 1.807) is 29.5 Å². The average Bonchev–Trinajstić information content (AvgIpc) is 3.80. The average molecular weight is 712 g/mol. The quantitative estimate of drug-likeness (QED) is 0.207. The highest BCUT2D eigenvalue weighted by atomic mass is 35.5. The maximum absolute atomic E-state index is 11.8. The summed E-state index contributed by atoms with van der Waals surface area (Å²) in [7, 11) is -3.20. The van der Waals surface area contributed by atoms with E-state index in [0.717, 1.165) is 50.0 Å². The van der Waals surface area contributed by atoms with Crippen LogP contribution in [0.3, 0.4) is 0 Å². The van der Waals surface area contributed by atoms with Gasteiger partial charge in [0.2, 0.25) is 5.95 Å². The van der Waals surface area contributed by atoms with Gasteiger partial charge in [-0.05, 0) is 63.1 Å². The van der Waals surface area contributed by atoms with Gasteiger partial charge in [0.05, 0.1) is 42.8 Å². The largest absolute Gasteiger partial charge is 0.487 e. The minimum absolute atomic E-state index is 0.00467. The lowest BCUT2D eigenvalue weighted by Gasteiger charge is -2.43. The number of morpholine rings is 1. The van der Waals surface area contributed by atoms with E-state index < -0.39 is 9.84 Å². The Kier molecular flexibility index (Phi) is 10.0. The molecule has 3 aliphatic rings. The fourth-order valence-corrected chi connectivity index (χ4v) is 7.75. The van der Waals surface area contributed by atoms with Crippen LogP contribution in [-0.2, 0) is 21.1 Å². The number of fused-ring (bicyclic) bond motifs is 2. The van der Waals surface area contributed by atoms with Crippen molar-refractivity contribution in [3.05, 3.63) is 54.5 Å². The Bertz CT molecular complexity index is 1800. The van der Waals surface area contributed by atoms with Crippen molar-refractivity contribution in [2.75, 3.05) is 37.1 Å². The zero-order chi connectivity index (χ0) is 34.0. The zero-order valence-electron chi connectivity index (χ0n) is 27.7. The molecule has 14 nitrogen and oxygen atoms in total. The highest BCUT2D eigenvalue weighted by Crippen LogP contribution is 2.39. The van der Waals surface area contributed by atoms with Crippen LogP contribution in [0.1, 0.15) is 51.5 Å². The predicted molar refractivity (Wildman–Crippen MR) is 184 cm³/mol. The minimum Gasteiger partial charge on any atom is -0.487 e. The number of hydrogen-bond acceptors (Lipinski definition) is 12. The van der Waals surface area contributed by atoms with Gasteiger partial charge in [0.1, 0.15) is 36.8 Å². The third-order valence-electron chi connectivity index (χ3n) is 9.55. The molecule has 4 aromatic rings. The smallest absolute Gasteiger partial charge is 0.256 e. The fraction of sp³-hybridized carbons (Fsp3) is 0.545. The summed E-state index contributed by atoms with van der Waals surface area (Å²) in [5, 5.41) is 12.6. The van der Waals surface area contributed by atoms with Gasteiger partial charge >= 0.3 is 0 Å². The molecule has 0 spiro atoms. The number of rotatable bonds is 13. The van der Waals surface area contributed by atoms with Gasteiger partial charge in [-0.3, -0.25) is 9.58 Å². The van der Waals surface area contributed by atoms with Crippen molar-refractivity contribution in [2.24, 2.45) is 0 Å². The van der Waals surface area contributed by atoms with Gasteiger partial charge in [0.25, 0.3) is 5.88 Å². The number of aromatic nitrogens is 7. The molecular formula is C33H42ClN9O5S. The Morgan fingerprint density at radius 3 is 2.43 bits per heavy atom. The van der Waals surface area contributed by atoms with E-state index >= 15 is 0 Å². The molecule has 16 heteroatoms. The maximum atomic E-state index is 11.8. The molecule has 1 saturated carbocycles. The third kappa shape index (κ3) is 8.17. The number of nitrogens with zero attached hydrogens (tertiary/aromatic N) is 8. The van der Waals surface area contributed by atoms with Gasteiger partial charge < -0.3 is 19.5 Å². The van der Waals surface area contributed by atoms with Crippen LogP contribution in [0.25, 0.3) is 11.1 Å². The van der Waals surface area contributed by atoms with E-state index in [-0.39, 0.29) is 24.5 Å². The molecule has 262 valence electrons. The first-order valence-electron chi connectivity index (χ1n) is 16.8. The van der Waals surface area contributed by atoms with Crippen LogP contribution < -0.4 is 14.8 Å². The Morgan fingerprint density at radius 2 is 1.73 bits per heavy atom. The van der Waals surface area contributed by atoms with Crippen LogP contribution in [-0.4, -0.2) is 104 Å². The SMILES string of the molecule is C[C@@H](Cn1cncn1)Oc1cc(-c2cnc(Nc3cn(C4CCC(N5[C@@H]6CC[C@@H]5COC6)CC4)nc3OCCS(C)(=O)=O)nc2)ccc1Cl. The van der Waals surface area contributed by atoms with Crippen LogP contribution >= 0.6 is 11.6 Å². The Labute approximate surface area is 291 Å². The van der Waals surface area contributed by atoms with Gasteiger partial charge in [-0.2, -0.15) is 5.10 Å². The lowest BCUT2D eigenvalue weighted by molar-refractivity contribution is -0.0458. The van der Waals surface area contributed by atoms with Crippen molar-refractivity contribution in [1.82, 2.24) is 39.4 Å². The molecular weight excluding hydrogens is 670 g/mol. The van der Waals surface area contributed by atoms with Crippen molar-refractivity contribution >= 4 is 33.1 Å². The third-order valence-corrected chi connectivity index (χ3v) is 10.8. The number of nitrogens with one attached hydrogen (secondary N) is 1. The Hall–Kier alpha value is -3.79. The van der Waals surface area contributed by atoms with Crippen molar-refractivity contribution in [1.29, 1.82) is 0 Å². The van der Waals surface area contributed by atoms with E-state index in [2.05, 4.69) is 30.3 Å². The van der Waals surface area contributed by atoms with Gasteiger partial charge in [-0.15, -0.1) is 5.10 Å². The van der Waals surface area contributed by atoms with E-state index in [9.17, 15) is 8.42 Å².